The molecular formula is C8H8FN2O. The Balaban J connectivity index is 2.64. The molecule has 0 saturated heterocycles. The molecule has 0 amide bonds. The van der Waals surface area contributed by atoms with E-state index >= 15 is 0 Å². The van der Waals surface area contributed by atoms with Crippen molar-refractivity contribution in [3.63, 3.8) is 0 Å². The smallest absolute Gasteiger partial charge is 0.152 e. The van der Waals surface area contributed by atoms with Gasteiger partial charge in [-0.1, -0.05) is 12.1 Å². The minimum absolute atomic E-state index is 0.137. The van der Waals surface area contributed by atoms with Crippen LogP contribution in [0, 0.1) is 11.2 Å². The molecular weight excluding hydrogens is 159 g/mol. The van der Waals surface area contributed by atoms with Gasteiger partial charge in [-0.25, -0.2) is 4.39 Å². The van der Waals surface area contributed by atoms with E-state index in [-0.39, 0.29) is 18.1 Å². The summed E-state index contributed by atoms with van der Waals surface area (Å²) in [6.07, 6.45) is 0.219. The lowest BCUT2D eigenvalue weighted by atomic mass is 10.1. The lowest BCUT2D eigenvalue weighted by molar-refractivity contribution is 0.221. The van der Waals surface area contributed by atoms with Gasteiger partial charge < -0.3 is 0 Å². The molecule has 1 aromatic carbocycles. The van der Waals surface area contributed by atoms with Gasteiger partial charge in [0.25, 0.3) is 0 Å². The topological polar surface area (TPSA) is 58.2 Å². The zero-order valence-corrected chi connectivity index (χ0v) is 6.29. The van der Waals surface area contributed by atoms with Gasteiger partial charge in [-0.15, -0.1) is 5.48 Å². The van der Waals surface area contributed by atoms with Gasteiger partial charge in [0, 0.05) is 6.42 Å². The fourth-order valence-corrected chi connectivity index (χ4v) is 0.831. The zero-order chi connectivity index (χ0) is 8.97. The van der Waals surface area contributed by atoms with Crippen LogP contribution in [0.4, 0.5) is 4.39 Å². The van der Waals surface area contributed by atoms with E-state index in [9.17, 15) is 4.39 Å². The van der Waals surface area contributed by atoms with Crippen LogP contribution in [0.5, 0.6) is 0 Å². The fraction of sp³-hybridized carbons (Fsp3) is 0.125. The molecule has 0 heterocycles. The molecule has 0 atom stereocenters. The number of nitrogens with one attached hydrogen (secondary N) is 1. The standard InChI is InChI=1S/C8H8FN2O/c9-7-3-1-6(2-4-7)5-8(10)11-12/h1-4,10,12H,5H2. The Morgan fingerprint density at radius 1 is 1.42 bits per heavy atom. The average Bonchev–Trinajstić information content (AvgIpc) is 2.09. The van der Waals surface area contributed by atoms with Crippen LogP contribution in [-0.2, 0) is 6.42 Å². The first-order chi connectivity index (χ1) is 5.72. The van der Waals surface area contributed by atoms with Gasteiger partial charge in [0.2, 0.25) is 0 Å². The van der Waals surface area contributed by atoms with Crippen LogP contribution < -0.4 is 5.48 Å². The molecule has 4 heteroatoms. The first-order valence-corrected chi connectivity index (χ1v) is 3.39. The number of halogens is 1. The van der Waals surface area contributed by atoms with E-state index in [0.29, 0.717) is 0 Å². The van der Waals surface area contributed by atoms with Crippen molar-refractivity contribution >= 4 is 5.84 Å². The first-order valence-electron chi connectivity index (χ1n) is 3.39. The number of rotatable bonds is 2. The van der Waals surface area contributed by atoms with E-state index in [1.54, 1.807) is 12.1 Å². The van der Waals surface area contributed by atoms with Crippen LogP contribution in [0.25, 0.3) is 0 Å². The van der Waals surface area contributed by atoms with E-state index in [1.807, 2.05) is 0 Å². The van der Waals surface area contributed by atoms with Crippen molar-refractivity contribution in [3.05, 3.63) is 35.6 Å². The predicted molar refractivity (Wildman–Crippen MR) is 41.8 cm³/mol. The molecule has 63 valence electrons. The Labute approximate surface area is 69.3 Å². The summed E-state index contributed by atoms with van der Waals surface area (Å²) in [7, 11) is 0. The normalized spacial score (nSPS) is 9.50. The monoisotopic (exact) mass is 167 g/mol. The van der Waals surface area contributed by atoms with Gasteiger partial charge >= 0.3 is 0 Å². The maximum Gasteiger partial charge on any atom is 0.152 e. The summed E-state index contributed by atoms with van der Waals surface area (Å²) in [6, 6.07) is 5.71. The number of hydrogen-bond donors (Lipinski definition) is 2. The molecule has 0 unspecified atom stereocenters. The molecule has 3 nitrogen and oxygen atoms in total. The molecule has 0 aliphatic rings. The van der Waals surface area contributed by atoms with Gasteiger partial charge in [0.05, 0.1) is 0 Å². The van der Waals surface area contributed by atoms with Crippen molar-refractivity contribution in [2.75, 3.05) is 0 Å². The molecule has 0 aliphatic heterocycles. The van der Waals surface area contributed by atoms with Crippen LogP contribution in [0.1, 0.15) is 5.56 Å². The maximum atomic E-state index is 12.4. The summed E-state index contributed by atoms with van der Waals surface area (Å²) in [5.74, 6) is -0.451. The Bertz CT molecular complexity index is 271. The van der Waals surface area contributed by atoms with Crippen LogP contribution in [0.15, 0.2) is 24.3 Å². The SMILES string of the molecule is N=C(Cc1ccc(F)cc1)[N]O. The Hall–Kier alpha value is -1.42. The van der Waals surface area contributed by atoms with Crippen molar-refractivity contribution in [2.45, 2.75) is 6.42 Å². The molecule has 0 saturated carbocycles. The van der Waals surface area contributed by atoms with E-state index < -0.39 is 0 Å². The molecule has 1 rings (SSSR count). The molecule has 1 aromatic rings. The minimum atomic E-state index is -0.314. The third kappa shape index (κ3) is 2.32. The van der Waals surface area contributed by atoms with Crippen molar-refractivity contribution in [3.8, 4) is 0 Å². The van der Waals surface area contributed by atoms with E-state index in [1.165, 1.54) is 12.1 Å². The third-order valence-corrected chi connectivity index (χ3v) is 1.41. The Kier molecular flexibility index (Phi) is 2.76. The summed E-state index contributed by atoms with van der Waals surface area (Å²) in [6.45, 7) is 0. The Morgan fingerprint density at radius 2 is 2.00 bits per heavy atom. The van der Waals surface area contributed by atoms with Crippen LogP contribution >= 0.6 is 0 Å². The molecule has 0 aliphatic carbocycles. The highest BCUT2D eigenvalue weighted by molar-refractivity contribution is 5.79. The summed E-state index contributed by atoms with van der Waals surface area (Å²) in [5, 5.41) is 15.2. The zero-order valence-electron chi connectivity index (χ0n) is 6.29. The van der Waals surface area contributed by atoms with Crippen LogP contribution in [0.3, 0.4) is 0 Å². The largest absolute Gasteiger partial charge is 0.284 e. The predicted octanol–water partition coefficient (Wildman–Crippen LogP) is 1.34. The second kappa shape index (κ2) is 3.82. The summed E-state index contributed by atoms with van der Waals surface area (Å²) in [5.41, 5.74) is 3.45. The molecule has 0 fully saturated rings. The second-order valence-electron chi connectivity index (χ2n) is 2.35. The van der Waals surface area contributed by atoms with E-state index in [0.717, 1.165) is 5.56 Å². The van der Waals surface area contributed by atoms with E-state index in [4.69, 9.17) is 10.6 Å². The first kappa shape index (κ1) is 8.67. The van der Waals surface area contributed by atoms with Gasteiger partial charge in [-0.05, 0) is 17.7 Å². The van der Waals surface area contributed by atoms with Crippen molar-refractivity contribution < 1.29 is 9.60 Å². The van der Waals surface area contributed by atoms with Crippen LogP contribution in [-0.4, -0.2) is 11.0 Å². The van der Waals surface area contributed by atoms with Gasteiger partial charge in [0.15, 0.2) is 5.84 Å². The molecule has 0 spiro atoms. The average molecular weight is 167 g/mol. The lowest BCUT2D eigenvalue weighted by Crippen LogP contribution is -2.12. The number of amidine groups is 1. The van der Waals surface area contributed by atoms with Gasteiger partial charge in [-0.3, -0.25) is 10.6 Å². The highest BCUT2D eigenvalue weighted by atomic mass is 19.1. The summed E-state index contributed by atoms with van der Waals surface area (Å²) >= 11 is 0. The Morgan fingerprint density at radius 3 is 2.50 bits per heavy atom. The quantitative estimate of drug-likeness (QED) is 0.389. The highest BCUT2D eigenvalue weighted by Crippen LogP contribution is 2.03. The third-order valence-electron chi connectivity index (χ3n) is 1.41. The summed E-state index contributed by atoms with van der Waals surface area (Å²) in [4.78, 5) is 0. The molecule has 1 radical (unpaired) electrons. The van der Waals surface area contributed by atoms with Crippen molar-refractivity contribution in [2.24, 2.45) is 0 Å². The minimum Gasteiger partial charge on any atom is -0.284 e. The van der Waals surface area contributed by atoms with Gasteiger partial charge in [-0.2, -0.15) is 0 Å². The molecule has 12 heavy (non-hydrogen) atoms. The molecule has 0 bridgehead atoms. The van der Waals surface area contributed by atoms with E-state index in [2.05, 4.69) is 5.48 Å². The number of hydroxylamine groups is 1. The number of hydrogen-bond acceptors (Lipinski definition) is 2. The summed E-state index contributed by atoms with van der Waals surface area (Å²) < 4.78 is 12.4. The molecule has 0 aromatic heterocycles. The number of nitrogens with zero attached hydrogens (tertiary/aromatic N) is 1. The van der Waals surface area contributed by atoms with Gasteiger partial charge in [0.1, 0.15) is 5.82 Å². The van der Waals surface area contributed by atoms with Crippen molar-refractivity contribution in [1.82, 2.24) is 5.48 Å². The second-order valence-corrected chi connectivity index (χ2v) is 2.35. The maximum absolute atomic E-state index is 12.4. The fourth-order valence-electron chi connectivity index (χ4n) is 0.831. The lowest BCUT2D eigenvalue weighted by Gasteiger charge is -1.98. The number of benzene rings is 1. The highest BCUT2D eigenvalue weighted by Gasteiger charge is 1.98. The van der Waals surface area contributed by atoms with Crippen molar-refractivity contribution in [1.29, 1.82) is 5.41 Å². The molecule has 2 N–H and O–H groups in total. The van der Waals surface area contributed by atoms with Crippen LogP contribution in [0.2, 0.25) is 0 Å².